The Morgan fingerprint density at radius 2 is 2.00 bits per heavy atom. The SMILES string of the molecule is CN[N+]#C/C(F)=C1/CCCCN(C2CCC(=O)NC2=O)C(=O)/C1=C(/C)F. The fourth-order valence-corrected chi connectivity index (χ4v) is 3.11. The number of carbonyl (C=O) groups is 3. The Morgan fingerprint density at radius 3 is 2.62 bits per heavy atom. The zero-order valence-corrected chi connectivity index (χ0v) is 14.7. The standard InChI is InChI=1S/C17H20F2N4O3/c1-10(18)15-11(12(19)9-21-20-2)5-3-4-8-23(17(15)26)13-6-7-14(24)22-16(13)25/h13,20H,3-8H2,1-2H3/p+1/b12-11+,15-10-. The molecule has 9 heteroatoms. The van der Waals surface area contributed by atoms with Crippen LogP contribution in [0.3, 0.4) is 0 Å². The van der Waals surface area contributed by atoms with Crippen LogP contribution in [0.2, 0.25) is 0 Å². The van der Waals surface area contributed by atoms with Crippen molar-refractivity contribution in [3.63, 3.8) is 0 Å². The quantitative estimate of drug-likeness (QED) is 0.320. The normalized spacial score (nSPS) is 25.5. The molecule has 1 unspecified atom stereocenters. The van der Waals surface area contributed by atoms with E-state index >= 15 is 0 Å². The number of imide groups is 1. The summed E-state index contributed by atoms with van der Waals surface area (Å²) in [5.74, 6) is -3.54. The third kappa shape index (κ3) is 4.25. The molecular formula is C17H21F2N4O3+. The average molecular weight is 367 g/mol. The number of amides is 3. The van der Waals surface area contributed by atoms with Gasteiger partial charge in [-0.25, -0.2) is 4.39 Å². The molecule has 0 bridgehead atoms. The Hall–Kier alpha value is -2.76. The average Bonchev–Trinajstić information content (AvgIpc) is 2.57. The van der Waals surface area contributed by atoms with Crippen LogP contribution >= 0.6 is 0 Å². The van der Waals surface area contributed by atoms with Crippen molar-refractivity contribution in [3.05, 3.63) is 27.8 Å². The first kappa shape index (κ1) is 19.6. The maximum absolute atomic E-state index is 14.4. The molecule has 0 aromatic heterocycles. The third-order valence-electron chi connectivity index (χ3n) is 4.31. The molecule has 1 atom stereocenters. The smallest absolute Gasteiger partial charge is 0.326 e. The minimum Gasteiger partial charge on any atom is -0.326 e. The van der Waals surface area contributed by atoms with Crippen LogP contribution in [0.4, 0.5) is 8.78 Å². The topological polar surface area (TPSA) is 82.9 Å². The summed E-state index contributed by atoms with van der Waals surface area (Å²) in [7, 11) is 1.45. The van der Waals surface area contributed by atoms with E-state index in [9.17, 15) is 23.2 Å². The number of carbonyl (C=O) groups excluding carboxylic acids is 3. The largest absolute Gasteiger partial charge is 0.388 e. The molecule has 2 aliphatic rings. The maximum Gasteiger partial charge on any atom is 0.388 e. The number of halogens is 2. The first-order valence-corrected chi connectivity index (χ1v) is 8.39. The number of hydrogen-bond donors (Lipinski definition) is 2. The third-order valence-corrected chi connectivity index (χ3v) is 4.31. The Kier molecular flexibility index (Phi) is 6.44. The van der Waals surface area contributed by atoms with Gasteiger partial charge in [0.25, 0.3) is 11.7 Å². The predicted octanol–water partition coefficient (Wildman–Crippen LogP) is 1.74. The summed E-state index contributed by atoms with van der Waals surface area (Å²) in [6.45, 7) is 1.30. The van der Waals surface area contributed by atoms with Crippen molar-refractivity contribution in [2.24, 2.45) is 0 Å². The summed E-state index contributed by atoms with van der Waals surface area (Å²) in [6, 6.07) is 1.21. The number of nitrogens with zero attached hydrogens (tertiary/aromatic N) is 2. The van der Waals surface area contributed by atoms with E-state index in [4.69, 9.17) is 0 Å². The number of allylic oxidation sites excluding steroid dienone is 2. The van der Waals surface area contributed by atoms with Crippen LogP contribution in [0, 0.1) is 6.07 Å². The molecule has 2 N–H and O–H groups in total. The van der Waals surface area contributed by atoms with Gasteiger partial charge >= 0.3 is 6.07 Å². The molecule has 0 aliphatic carbocycles. The molecule has 0 saturated carbocycles. The van der Waals surface area contributed by atoms with Crippen LogP contribution in [0.25, 0.3) is 4.95 Å². The van der Waals surface area contributed by atoms with Gasteiger partial charge in [0.2, 0.25) is 11.8 Å². The zero-order valence-electron chi connectivity index (χ0n) is 14.7. The summed E-state index contributed by atoms with van der Waals surface area (Å²) < 4.78 is 28.6. The minimum absolute atomic E-state index is 0.0908. The highest BCUT2D eigenvalue weighted by Crippen LogP contribution is 2.31. The van der Waals surface area contributed by atoms with Crippen LogP contribution in [0.1, 0.15) is 39.0 Å². The molecule has 3 amide bonds. The van der Waals surface area contributed by atoms with Gasteiger partial charge < -0.3 is 4.90 Å². The predicted molar refractivity (Wildman–Crippen MR) is 90.0 cm³/mol. The molecular weight excluding hydrogens is 346 g/mol. The van der Waals surface area contributed by atoms with Crippen LogP contribution in [-0.4, -0.2) is 42.3 Å². The van der Waals surface area contributed by atoms with Crippen molar-refractivity contribution in [1.29, 1.82) is 0 Å². The highest BCUT2D eigenvalue weighted by atomic mass is 19.1. The first-order valence-electron chi connectivity index (χ1n) is 8.39. The molecule has 2 fully saturated rings. The van der Waals surface area contributed by atoms with Crippen molar-refractivity contribution >= 4 is 17.7 Å². The minimum atomic E-state index is -0.926. The molecule has 2 heterocycles. The first-order chi connectivity index (χ1) is 12.4. The van der Waals surface area contributed by atoms with Gasteiger partial charge in [-0.3, -0.25) is 19.7 Å². The van der Waals surface area contributed by atoms with Gasteiger partial charge in [0.1, 0.15) is 11.9 Å². The lowest BCUT2D eigenvalue weighted by atomic mass is 9.93. The fraction of sp³-hybridized carbons (Fsp3) is 0.529. The van der Waals surface area contributed by atoms with E-state index in [1.54, 1.807) is 0 Å². The van der Waals surface area contributed by atoms with E-state index in [1.165, 1.54) is 11.9 Å². The lowest BCUT2D eigenvalue weighted by molar-refractivity contribution is -0.144. The van der Waals surface area contributed by atoms with Crippen LogP contribution < -0.4 is 10.7 Å². The Labute approximate surface area is 149 Å². The second-order valence-electron chi connectivity index (χ2n) is 6.07. The summed E-state index contributed by atoms with van der Waals surface area (Å²) in [5, 5.41) is 2.19. The monoisotopic (exact) mass is 367 g/mol. The number of likely N-dealkylation sites (tertiary alicyclic amines) is 1. The van der Waals surface area contributed by atoms with Crippen molar-refractivity contribution in [3.8, 4) is 6.07 Å². The van der Waals surface area contributed by atoms with Crippen LogP contribution in [0.5, 0.6) is 0 Å². The van der Waals surface area contributed by atoms with E-state index < -0.39 is 41.0 Å². The van der Waals surface area contributed by atoms with Crippen molar-refractivity contribution in [2.75, 3.05) is 13.6 Å². The Morgan fingerprint density at radius 1 is 1.27 bits per heavy atom. The number of piperidine rings is 1. The molecule has 26 heavy (non-hydrogen) atoms. The van der Waals surface area contributed by atoms with Crippen molar-refractivity contribution < 1.29 is 23.2 Å². The molecule has 2 aliphatic heterocycles. The van der Waals surface area contributed by atoms with Crippen LogP contribution in [0.15, 0.2) is 22.8 Å². The van der Waals surface area contributed by atoms with Crippen LogP contribution in [-0.2, 0) is 14.4 Å². The Bertz CT molecular complexity index is 745. The van der Waals surface area contributed by atoms with Gasteiger partial charge in [0.15, 0.2) is 0 Å². The summed E-state index contributed by atoms with van der Waals surface area (Å²) in [4.78, 5) is 41.1. The molecule has 140 valence electrons. The number of hydrogen-bond acceptors (Lipinski definition) is 4. The summed E-state index contributed by atoms with van der Waals surface area (Å²) in [6.07, 6.45) is 1.42. The molecule has 2 saturated heterocycles. The van der Waals surface area contributed by atoms with Gasteiger partial charge in [0, 0.05) is 18.5 Å². The molecule has 2 rings (SSSR count). The van der Waals surface area contributed by atoms with Gasteiger partial charge in [-0.2, -0.15) is 4.39 Å². The van der Waals surface area contributed by atoms with E-state index in [0.717, 1.165) is 6.92 Å². The summed E-state index contributed by atoms with van der Waals surface area (Å²) >= 11 is 0. The maximum atomic E-state index is 14.4. The van der Waals surface area contributed by atoms with Gasteiger partial charge in [-0.15, -0.1) is 0 Å². The molecule has 7 nitrogen and oxygen atoms in total. The highest BCUT2D eigenvalue weighted by molar-refractivity contribution is 6.05. The van der Waals surface area contributed by atoms with Gasteiger partial charge in [-0.05, 0) is 32.6 Å². The zero-order chi connectivity index (χ0) is 19.3. The van der Waals surface area contributed by atoms with Crippen molar-refractivity contribution in [1.82, 2.24) is 15.6 Å². The lowest BCUT2D eigenvalue weighted by Gasteiger charge is -2.35. The molecule has 0 aromatic rings. The molecule has 0 radical (unpaired) electrons. The van der Waals surface area contributed by atoms with Gasteiger partial charge in [0.05, 0.1) is 17.6 Å². The number of rotatable bonds is 1. The second-order valence-corrected chi connectivity index (χ2v) is 6.07. The molecule has 0 aromatic carbocycles. The Balaban J connectivity index is 2.44. The van der Waals surface area contributed by atoms with E-state index in [2.05, 4.69) is 21.8 Å². The molecule has 0 spiro atoms. The number of nitrogens with one attached hydrogen (secondary N) is 2. The van der Waals surface area contributed by atoms with Crippen molar-refractivity contribution in [2.45, 2.75) is 45.1 Å². The van der Waals surface area contributed by atoms with E-state index in [1.807, 2.05) is 0 Å². The fourth-order valence-electron chi connectivity index (χ4n) is 3.11. The highest BCUT2D eigenvalue weighted by Gasteiger charge is 2.38. The van der Waals surface area contributed by atoms with E-state index in [0.29, 0.717) is 12.8 Å². The summed E-state index contributed by atoms with van der Waals surface area (Å²) in [5.41, 5.74) is 1.81. The van der Waals surface area contributed by atoms with E-state index in [-0.39, 0.29) is 31.4 Å². The lowest BCUT2D eigenvalue weighted by Crippen LogP contribution is -2.55. The second kappa shape index (κ2) is 8.56. The van der Waals surface area contributed by atoms with Gasteiger partial charge in [-0.1, -0.05) is 5.43 Å².